The number of aromatic nitrogens is 2. The number of nitrogens with one attached hydrogen (secondary N) is 2. The summed E-state index contributed by atoms with van der Waals surface area (Å²) >= 11 is 1.98. The summed E-state index contributed by atoms with van der Waals surface area (Å²) in [6.45, 7) is 7.81. The van der Waals surface area contributed by atoms with E-state index in [4.69, 9.17) is 10.1 Å². The molecule has 0 saturated heterocycles. The second-order valence-corrected chi connectivity index (χ2v) is 8.24. The number of aryl methyl sites for hydroxylation is 1. The monoisotopic (exact) mass is 513 g/mol. The van der Waals surface area contributed by atoms with E-state index in [0.29, 0.717) is 12.6 Å². The Balaban J connectivity index is 0.00000280. The van der Waals surface area contributed by atoms with E-state index >= 15 is 0 Å². The van der Waals surface area contributed by atoms with Gasteiger partial charge in [-0.1, -0.05) is 18.2 Å². The number of halogens is 1. The number of thioether (sulfide) groups is 1. The summed E-state index contributed by atoms with van der Waals surface area (Å²) in [7, 11) is 0. The van der Waals surface area contributed by atoms with Crippen molar-refractivity contribution >= 4 is 41.7 Å². The first kappa shape index (κ1) is 23.1. The Kier molecular flexibility index (Phi) is 9.14. The molecule has 1 aliphatic carbocycles. The first-order valence-corrected chi connectivity index (χ1v) is 11.1. The quantitative estimate of drug-likeness (QED) is 0.341. The molecule has 1 saturated carbocycles. The third-order valence-corrected chi connectivity index (χ3v) is 6.33. The SMILES string of the molecule is CCNC(=NCc1c(C)nn(-c2ccccc2)c1C)NC1CCC(SC)C1.I. The highest BCUT2D eigenvalue weighted by molar-refractivity contribution is 14.0. The molecule has 0 bridgehead atoms. The van der Waals surface area contributed by atoms with Crippen molar-refractivity contribution in [2.24, 2.45) is 4.99 Å². The van der Waals surface area contributed by atoms with Crippen LogP contribution in [0.5, 0.6) is 0 Å². The lowest BCUT2D eigenvalue weighted by atomic mass is 10.2. The first-order valence-electron chi connectivity index (χ1n) is 9.80. The zero-order valence-corrected chi connectivity index (χ0v) is 20.4. The first-order chi connectivity index (χ1) is 13.1. The molecule has 1 aromatic carbocycles. The van der Waals surface area contributed by atoms with E-state index in [1.165, 1.54) is 24.8 Å². The van der Waals surface area contributed by atoms with E-state index in [0.717, 1.165) is 34.8 Å². The molecule has 2 atom stereocenters. The maximum Gasteiger partial charge on any atom is 0.191 e. The molecule has 0 radical (unpaired) electrons. The molecule has 2 aromatic rings. The largest absolute Gasteiger partial charge is 0.357 e. The minimum absolute atomic E-state index is 0. The van der Waals surface area contributed by atoms with Crippen molar-refractivity contribution < 1.29 is 0 Å². The van der Waals surface area contributed by atoms with E-state index in [-0.39, 0.29) is 24.0 Å². The molecule has 154 valence electrons. The second kappa shape index (κ2) is 11.1. The van der Waals surface area contributed by atoms with Gasteiger partial charge in [0.25, 0.3) is 0 Å². The summed E-state index contributed by atoms with van der Waals surface area (Å²) in [4.78, 5) is 4.86. The number of hydrogen-bond acceptors (Lipinski definition) is 3. The van der Waals surface area contributed by atoms with E-state index in [2.05, 4.69) is 49.8 Å². The van der Waals surface area contributed by atoms with E-state index < -0.39 is 0 Å². The summed E-state index contributed by atoms with van der Waals surface area (Å²) in [6.07, 6.45) is 5.94. The van der Waals surface area contributed by atoms with Gasteiger partial charge < -0.3 is 10.6 Å². The average Bonchev–Trinajstić information content (AvgIpc) is 3.25. The molecule has 0 amide bonds. The van der Waals surface area contributed by atoms with E-state index in [1.54, 1.807) is 0 Å². The van der Waals surface area contributed by atoms with Crippen LogP contribution in [0, 0.1) is 13.8 Å². The lowest BCUT2D eigenvalue weighted by Gasteiger charge is -2.17. The highest BCUT2D eigenvalue weighted by Crippen LogP contribution is 2.28. The Labute approximate surface area is 190 Å². The summed E-state index contributed by atoms with van der Waals surface area (Å²) in [5.41, 5.74) is 4.48. The van der Waals surface area contributed by atoms with Gasteiger partial charge in [-0.25, -0.2) is 9.67 Å². The molecule has 1 heterocycles. The number of benzene rings is 1. The van der Waals surface area contributed by atoms with Gasteiger partial charge in [0, 0.05) is 29.1 Å². The van der Waals surface area contributed by atoms with Crippen molar-refractivity contribution in [3.05, 3.63) is 47.3 Å². The standard InChI is InChI=1S/C21H31N5S.HI/c1-5-22-21(24-17-11-12-19(13-17)27-4)23-14-20-15(2)25-26(16(20)3)18-9-7-6-8-10-18;/h6-10,17,19H,5,11-14H2,1-4H3,(H2,22,23,24);1H. The van der Waals surface area contributed by atoms with Crippen LogP contribution in [0.2, 0.25) is 0 Å². The van der Waals surface area contributed by atoms with Crippen LogP contribution in [0.4, 0.5) is 0 Å². The second-order valence-electron chi connectivity index (χ2n) is 7.10. The van der Waals surface area contributed by atoms with Gasteiger partial charge in [-0.3, -0.25) is 0 Å². The summed E-state index contributed by atoms with van der Waals surface area (Å²) in [6, 6.07) is 10.8. The lowest BCUT2D eigenvalue weighted by molar-refractivity contribution is 0.615. The van der Waals surface area contributed by atoms with E-state index in [9.17, 15) is 0 Å². The Morgan fingerprint density at radius 3 is 2.64 bits per heavy atom. The van der Waals surface area contributed by atoms with E-state index in [1.807, 2.05) is 34.6 Å². The highest BCUT2D eigenvalue weighted by atomic mass is 127. The smallest absolute Gasteiger partial charge is 0.191 e. The third-order valence-electron chi connectivity index (χ3n) is 5.24. The molecule has 5 nitrogen and oxygen atoms in total. The molecule has 1 fully saturated rings. The highest BCUT2D eigenvalue weighted by Gasteiger charge is 2.24. The average molecular weight is 513 g/mol. The topological polar surface area (TPSA) is 54.2 Å². The van der Waals surface area contributed by atoms with Gasteiger partial charge in [0.15, 0.2) is 5.96 Å². The number of para-hydroxylation sites is 1. The number of aliphatic imine (C=N–C) groups is 1. The number of nitrogens with zero attached hydrogens (tertiary/aromatic N) is 3. The van der Waals surface area contributed by atoms with Gasteiger partial charge in [0.05, 0.1) is 17.9 Å². The van der Waals surface area contributed by atoms with Crippen LogP contribution >= 0.6 is 35.7 Å². The maximum absolute atomic E-state index is 4.86. The molecule has 28 heavy (non-hydrogen) atoms. The van der Waals surface area contributed by atoms with Crippen LogP contribution in [0.15, 0.2) is 35.3 Å². The van der Waals surface area contributed by atoms with Crippen molar-refractivity contribution in [3.63, 3.8) is 0 Å². The lowest BCUT2D eigenvalue weighted by Crippen LogP contribution is -2.42. The molecule has 3 rings (SSSR count). The number of hydrogen-bond donors (Lipinski definition) is 2. The zero-order valence-electron chi connectivity index (χ0n) is 17.2. The molecule has 7 heteroatoms. The van der Waals surface area contributed by atoms with Crippen molar-refractivity contribution in [2.75, 3.05) is 12.8 Å². The molecular weight excluding hydrogens is 481 g/mol. The minimum atomic E-state index is 0. The number of guanidine groups is 1. The fraction of sp³-hybridized carbons (Fsp3) is 0.524. The number of rotatable bonds is 6. The molecule has 1 aromatic heterocycles. The molecular formula is C21H32IN5S. The van der Waals surface area contributed by atoms with Gasteiger partial charge in [0.2, 0.25) is 0 Å². The normalized spacial score (nSPS) is 19.4. The summed E-state index contributed by atoms with van der Waals surface area (Å²) in [5, 5.41) is 12.5. The molecule has 0 spiro atoms. The fourth-order valence-electron chi connectivity index (χ4n) is 3.68. The zero-order chi connectivity index (χ0) is 19.2. The predicted octanol–water partition coefficient (Wildman–Crippen LogP) is 4.45. The Morgan fingerprint density at radius 1 is 1.25 bits per heavy atom. The summed E-state index contributed by atoms with van der Waals surface area (Å²) < 4.78 is 2.01. The van der Waals surface area contributed by atoms with Crippen molar-refractivity contribution in [2.45, 2.75) is 57.9 Å². The predicted molar refractivity (Wildman–Crippen MR) is 131 cm³/mol. The molecule has 1 aliphatic rings. The van der Waals surface area contributed by atoms with Crippen LogP contribution in [0.25, 0.3) is 5.69 Å². The van der Waals surface area contributed by atoms with Crippen molar-refractivity contribution in [1.82, 2.24) is 20.4 Å². The fourth-order valence-corrected chi connectivity index (χ4v) is 4.48. The summed E-state index contributed by atoms with van der Waals surface area (Å²) in [5.74, 6) is 0.913. The van der Waals surface area contributed by atoms with Gasteiger partial charge in [-0.2, -0.15) is 16.9 Å². The Hall–Kier alpha value is -1.22. The van der Waals surface area contributed by atoms with Gasteiger partial charge in [-0.15, -0.1) is 24.0 Å². The van der Waals surface area contributed by atoms with Crippen LogP contribution in [-0.2, 0) is 6.54 Å². The van der Waals surface area contributed by atoms with Crippen LogP contribution in [-0.4, -0.2) is 39.8 Å². The molecule has 0 aliphatic heterocycles. The Bertz CT molecular complexity index is 775. The Morgan fingerprint density at radius 2 is 2.00 bits per heavy atom. The van der Waals surface area contributed by atoms with Gasteiger partial charge in [-0.05, 0) is 58.4 Å². The minimum Gasteiger partial charge on any atom is -0.357 e. The van der Waals surface area contributed by atoms with Crippen molar-refractivity contribution in [1.29, 1.82) is 0 Å². The molecule has 2 N–H and O–H groups in total. The molecule has 2 unspecified atom stereocenters. The van der Waals surface area contributed by atoms with Crippen molar-refractivity contribution in [3.8, 4) is 5.69 Å². The van der Waals surface area contributed by atoms with Crippen LogP contribution in [0.1, 0.15) is 43.1 Å². The maximum atomic E-state index is 4.86. The van der Waals surface area contributed by atoms with Crippen LogP contribution < -0.4 is 10.6 Å². The third kappa shape index (κ3) is 5.65. The van der Waals surface area contributed by atoms with Gasteiger partial charge >= 0.3 is 0 Å². The van der Waals surface area contributed by atoms with Gasteiger partial charge in [0.1, 0.15) is 0 Å². The van der Waals surface area contributed by atoms with Crippen LogP contribution in [0.3, 0.4) is 0 Å².